The molecule has 2 heterocycles. The normalized spacial score (nSPS) is 17.7. The summed E-state index contributed by atoms with van der Waals surface area (Å²) in [5, 5.41) is 0. The van der Waals surface area contributed by atoms with Gasteiger partial charge in [-0.1, -0.05) is 30.3 Å². The quantitative estimate of drug-likeness (QED) is 0.855. The highest BCUT2D eigenvalue weighted by Gasteiger charge is 2.37. The van der Waals surface area contributed by atoms with Gasteiger partial charge in [0.05, 0.1) is 18.1 Å². The van der Waals surface area contributed by atoms with Crippen molar-refractivity contribution < 1.29 is 4.79 Å². The molecule has 1 aliphatic rings. The zero-order valence-electron chi connectivity index (χ0n) is 13.2. The Morgan fingerprint density at radius 3 is 2.45 bits per heavy atom. The summed E-state index contributed by atoms with van der Waals surface area (Å²) < 4.78 is 0. The molecule has 3 rings (SSSR count). The van der Waals surface area contributed by atoms with Gasteiger partial charge < -0.3 is 4.90 Å². The largest absolute Gasteiger partial charge is 0.325 e. The maximum Gasteiger partial charge on any atom is 0.325 e. The molecule has 2 aromatic rings. The van der Waals surface area contributed by atoms with Gasteiger partial charge in [0, 0.05) is 24.7 Å². The molecule has 0 unspecified atom stereocenters. The highest BCUT2D eigenvalue weighted by molar-refractivity contribution is 5.92. The fourth-order valence-corrected chi connectivity index (χ4v) is 2.52. The van der Waals surface area contributed by atoms with Crippen LogP contribution in [0.2, 0.25) is 0 Å². The third-order valence-corrected chi connectivity index (χ3v) is 4.36. The van der Waals surface area contributed by atoms with Crippen molar-refractivity contribution in [1.29, 1.82) is 0 Å². The number of carbonyl (C=O) groups excluding carboxylic acids is 1. The van der Waals surface area contributed by atoms with E-state index in [2.05, 4.69) is 23.8 Å². The number of anilines is 1. The molecule has 22 heavy (non-hydrogen) atoms. The van der Waals surface area contributed by atoms with Crippen LogP contribution >= 0.6 is 0 Å². The fourth-order valence-electron chi connectivity index (χ4n) is 2.52. The van der Waals surface area contributed by atoms with Crippen LogP contribution in [0.5, 0.6) is 0 Å². The molecular formula is C17H20N4O. The Hall–Kier alpha value is -2.43. The molecule has 1 aromatic heterocycles. The van der Waals surface area contributed by atoms with Gasteiger partial charge in [-0.15, -0.1) is 0 Å². The summed E-state index contributed by atoms with van der Waals surface area (Å²) in [5.41, 5.74) is 1.71. The lowest BCUT2D eigenvalue weighted by molar-refractivity contribution is 0.140. The van der Waals surface area contributed by atoms with Gasteiger partial charge in [0.1, 0.15) is 0 Å². The van der Waals surface area contributed by atoms with Gasteiger partial charge in [-0.3, -0.25) is 9.88 Å². The Morgan fingerprint density at radius 2 is 1.82 bits per heavy atom. The summed E-state index contributed by atoms with van der Waals surface area (Å²) in [6.45, 7) is 4.81. The van der Waals surface area contributed by atoms with Crippen LogP contribution in [0.1, 0.15) is 20.3 Å². The van der Waals surface area contributed by atoms with Gasteiger partial charge in [-0.2, -0.15) is 0 Å². The highest BCUT2D eigenvalue weighted by Crippen LogP contribution is 2.27. The van der Waals surface area contributed by atoms with E-state index in [0.717, 1.165) is 17.7 Å². The van der Waals surface area contributed by atoms with Crippen LogP contribution < -0.4 is 4.90 Å². The molecule has 0 N–H and O–H groups in total. The van der Waals surface area contributed by atoms with Gasteiger partial charge >= 0.3 is 6.03 Å². The molecule has 5 heteroatoms. The van der Waals surface area contributed by atoms with Crippen molar-refractivity contribution in [2.24, 2.45) is 0 Å². The van der Waals surface area contributed by atoms with Crippen molar-refractivity contribution in [1.82, 2.24) is 14.9 Å². The molecule has 1 aliphatic heterocycles. The predicted octanol–water partition coefficient (Wildman–Crippen LogP) is 3.18. The molecule has 1 aromatic carbocycles. The van der Waals surface area contributed by atoms with Crippen molar-refractivity contribution in [2.45, 2.75) is 25.8 Å². The van der Waals surface area contributed by atoms with Crippen molar-refractivity contribution in [2.75, 3.05) is 18.5 Å². The number of nitrogens with zero attached hydrogens (tertiary/aromatic N) is 4. The van der Waals surface area contributed by atoms with E-state index in [4.69, 9.17) is 0 Å². The second-order valence-corrected chi connectivity index (χ2v) is 6.18. The first-order valence-electron chi connectivity index (χ1n) is 7.42. The molecule has 1 saturated heterocycles. The van der Waals surface area contributed by atoms with Gasteiger partial charge in [-0.25, -0.2) is 9.78 Å². The lowest BCUT2D eigenvalue weighted by Gasteiger charge is -2.44. The molecule has 5 nitrogen and oxygen atoms in total. The van der Waals surface area contributed by atoms with Gasteiger partial charge in [0.25, 0.3) is 0 Å². The molecule has 0 radical (unpaired) electrons. The average molecular weight is 296 g/mol. The van der Waals surface area contributed by atoms with E-state index in [1.54, 1.807) is 22.2 Å². The number of amides is 2. The van der Waals surface area contributed by atoms with Crippen molar-refractivity contribution in [3.8, 4) is 11.3 Å². The first kappa shape index (κ1) is 14.5. The van der Waals surface area contributed by atoms with Gasteiger partial charge in [0.15, 0.2) is 5.82 Å². The molecule has 0 bridgehead atoms. The number of aromatic nitrogens is 2. The summed E-state index contributed by atoms with van der Waals surface area (Å²) in [7, 11) is 1.83. The van der Waals surface area contributed by atoms with E-state index in [0.29, 0.717) is 12.4 Å². The van der Waals surface area contributed by atoms with Crippen molar-refractivity contribution >= 4 is 11.8 Å². The zero-order chi connectivity index (χ0) is 15.7. The Morgan fingerprint density at radius 1 is 1.09 bits per heavy atom. The van der Waals surface area contributed by atoms with E-state index in [9.17, 15) is 4.79 Å². The maximum absolute atomic E-state index is 12.5. The summed E-state index contributed by atoms with van der Waals surface area (Å²) in [6, 6.07) is 9.86. The number of rotatable bonds is 2. The van der Waals surface area contributed by atoms with E-state index < -0.39 is 0 Å². The van der Waals surface area contributed by atoms with Gasteiger partial charge in [-0.05, 0) is 20.3 Å². The number of benzene rings is 1. The van der Waals surface area contributed by atoms with Crippen molar-refractivity contribution in [3.63, 3.8) is 0 Å². The second-order valence-electron chi connectivity index (χ2n) is 6.18. The van der Waals surface area contributed by atoms with Crippen LogP contribution in [0.3, 0.4) is 0 Å². The number of hydrogen-bond acceptors (Lipinski definition) is 3. The van der Waals surface area contributed by atoms with Crippen molar-refractivity contribution in [3.05, 3.63) is 42.7 Å². The first-order valence-corrected chi connectivity index (χ1v) is 7.42. The van der Waals surface area contributed by atoms with Crippen LogP contribution in [0, 0.1) is 0 Å². The molecule has 1 fully saturated rings. The molecule has 0 spiro atoms. The molecule has 2 amide bonds. The van der Waals surface area contributed by atoms with Gasteiger partial charge in [0.2, 0.25) is 0 Å². The number of urea groups is 1. The van der Waals surface area contributed by atoms with E-state index in [1.807, 2.05) is 37.4 Å². The Kier molecular flexibility index (Phi) is 3.56. The second kappa shape index (κ2) is 5.40. The molecular weight excluding hydrogens is 276 g/mol. The van der Waals surface area contributed by atoms with Crippen LogP contribution in [-0.2, 0) is 0 Å². The van der Waals surface area contributed by atoms with E-state index in [-0.39, 0.29) is 11.6 Å². The van der Waals surface area contributed by atoms with E-state index >= 15 is 0 Å². The molecule has 0 aliphatic carbocycles. The predicted molar refractivity (Wildman–Crippen MR) is 86.7 cm³/mol. The minimum Gasteiger partial charge on any atom is -0.322 e. The maximum atomic E-state index is 12.5. The molecule has 114 valence electrons. The molecule has 0 saturated carbocycles. The topological polar surface area (TPSA) is 49.3 Å². The van der Waals surface area contributed by atoms with Crippen LogP contribution in [0.25, 0.3) is 11.3 Å². The van der Waals surface area contributed by atoms with Crippen LogP contribution in [0.15, 0.2) is 42.7 Å². The van der Waals surface area contributed by atoms with Crippen LogP contribution in [-0.4, -0.2) is 40.0 Å². The standard InChI is InChI=1S/C17H20N4O/c1-17(2)9-10-21(16(22)20(17)3)15-12-18-14(11-19-15)13-7-5-4-6-8-13/h4-8,11-12H,9-10H2,1-3H3. The van der Waals surface area contributed by atoms with E-state index in [1.165, 1.54) is 0 Å². The minimum atomic E-state index is -0.120. The Balaban J connectivity index is 1.83. The third-order valence-electron chi connectivity index (χ3n) is 4.36. The highest BCUT2D eigenvalue weighted by atomic mass is 16.2. The lowest BCUT2D eigenvalue weighted by Crippen LogP contribution is -2.57. The molecule has 0 atom stereocenters. The fraction of sp³-hybridized carbons (Fsp3) is 0.353. The monoisotopic (exact) mass is 296 g/mol. The summed E-state index contributed by atoms with van der Waals surface area (Å²) in [5.74, 6) is 0.604. The Bertz CT molecular complexity index is 667. The number of carbonyl (C=O) groups is 1. The number of hydrogen-bond donors (Lipinski definition) is 0. The minimum absolute atomic E-state index is 0.0296. The third kappa shape index (κ3) is 2.54. The smallest absolute Gasteiger partial charge is 0.322 e. The lowest BCUT2D eigenvalue weighted by atomic mass is 9.96. The van der Waals surface area contributed by atoms with Crippen LogP contribution in [0.4, 0.5) is 10.6 Å². The summed E-state index contributed by atoms with van der Waals surface area (Å²) >= 11 is 0. The summed E-state index contributed by atoms with van der Waals surface area (Å²) in [6.07, 6.45) is 4.29. The summed E-state index contributed by atoms with van der Waals surface area (Å²) in [4.78, 5) is 24.8. The Labute approximate surface area is 130 Å². The average Bonchev–Trinajstić information content (AvgIpc) is 2.54. The zero-order valence-corrected chi connectivity index (χ0v) is 13.2. The SMILES string of the molecule is CN1C(=O)N(c2cnc(-c3ccccc3)cn2)CCC1(C)C. The first-order chi connectivity index (χ1) is 10.5.